The van der Waals surface area contributed by atoms with E-state index in [1.165, 1.54) is 0 Å². The third kappa shape index (κ3) is 2.66. The van der Waals surface area contributed by atoms with Gasteiger partial charge in [-0.3, -0.25) is 4.79 Å². The number of halogens is 1. The number of carbonyl (C=O) groups excluding carboxylic acids is 1. The first kappa shape index (κ1) is 12.1. The number of rotatable bonds is 3. The summed E-state index contributed by atoms with van der Waals surface area (Å²) in [6.45, 7) is -1.06. The molecule has 0 bridgehead atoms. The van der Waals surface area contributed by atoms with Crippen molar-refractivity contribution in [1.29, 1.82) is 0 Å². The van der Waals surface area contributed by atoms with Gasteiger partial charge < -0.3 is 10.4 Å². The number of alkyl halides is 1. The van der Waals surface area contributed by atoms with Gasteiger partial charge in [0.15, 0.2) is 6.67 Å². The van der Waals surface area contributed by atoms with Crippen LogP contribution >= 0.6 is 0 Å². The van der Waals surface area contributed by atoms with Gasteiger partial charge in [0.2, 0.25) is 0 Å². The molecule has 0 spiro atoms. The monoisotopic (exact) mass is 245 g/mol. The Balaban J connectivity index is 2.41. The van der Waals surface area contributed by atoms with Crippen LogP contribution in [-0.2, 0) is 4.79 Å². The Morgan fingerprint density at radius 3 is 2.67 bits per heavy atom. The first-order valence-corrected chi connectivity index (χ1v) is 5.45. The molecule has 18 heavy (non-hydrogen) atoms. The number of hydrogen-bond acceptors (Lipinski definition) is 2. The number of nitrogens with one attached hydrogen (secondary N) is 1. The highest BCUT2D eigenvalue weighted by Crippen LogP contribution is 2.29. The third-order valence-electron chi connectivity index (χ3n) is 2.48. The van der Waals surface area contributed by atoms with E-state index in [0.717, 1.165) is 11.1 Å². The standard InChI is InChI=1S/C14H12FNO2/c15-9-14(18)16-13-7-2-1-6-12(13)10-4-3-5-11(17)8-10/h1-8,17H,9H2,(H,16,18). The van der Waals surface area contributed by atoms with Crippen molar-refractivity contribution in [2.24, 2.45) is 0 Å². The maximum Gasteiger partial charge on any atom is 0.255 e. The van der Waals surface area contributed by atoms with Gasteiger partial charge in [0, 0.05) is 11.3 Å². The molecule has 3 nitrogen and oxygen atoms in total. The van der Waals surface area contributed by atoms with Crippen LogP contribution < -0.4 is 5.32 Å². The first-order chi connectivity index (χ1) is 8.70. The summed E-state index contributed by atoms with van der Waals surface area (Å²) in [6, 6.07) is 13.7. The van der Waals surface area contributed by atoms with Crippen molar-refractivity contribution in [1.82, 2.24) is 0 Å². The first-order valence-electron chi connectivity index (χ1n) is 5.45. The second kappa shape index (κ2) is 5.31. The number of anilines is 1. The SMILES string of the molecule is O=C(CF)Nc1ccccc1-c1cccc(O)c1. The summed E-state index contributed by atoms with van der Waals surface area (Å²) < 4.78 is 12.2. The van der Waals surface area contributed by atoms with Crippen molar-refractivity contribution in [3.05, 3.63) is 48.5 Å². The molecule has 0 heterocycles. The van der Waals surface area contributed by atoms with Gasteiger partial charge in [0.05, 0.1) is 0 Å². The minimum atomic E-state index is -1.06. The fourth-order valence-electron chi connectivity index (χ4n) is 1.70. The molecule has 0 aliphatic heterocycles. The Bertz CT molecular complexity index is 569. The number of hydrogen-bond donors (Lipinski definition) is 2. The smallest absolute Gasteiger partial charge is 0.255 e. The molecule has 0 fully saturated rings. The van der Waals surface area contributed by atoms with Crippen molar-refractivity contribution in [2.75, 3.05) is 12.0 Å². The summed E-state index contributed by atoms with van der Waals surface area (Å²) in [4.78, 5) is 11.1. The van der Waals surface area contributed by atoms with Crippen molar-refractivity contribution >= 4 is 11.6 Å². The third-order valence-corrected chi connectivity index (χ3v) is 2.48. The molecular weight excluding hydrogens is 233 g/mol. The number of para-hydroxylation sites is 1. The molecule has 0 radical (unpaired) electrons. The van der Waals surface area contributed by atoms with Gasteiger partial charge in [0.25, 0.3) is 5.91 Å². The molecule has 0 saturated carbocycles. The van der Waals surface area contributed by atoms with Gasteiger partial charge in [-0.15, -0.1) is 0 Å². The van der Waals surface area contributed by atoms with Gasteiger partial charge in [-0.25, -0.2) is 4.39 Å². The molecule has 0 unspecified atom stereocenters. The minimum Gasteiger partial charge on any atom is -0.508 e. The van der Waals surface area contributed by atoms with Gasteiger partial charge in [0.1, 0.15) is 5.75 Å². The van der Waals surface area contributed by atoms with Crippen molar-refractivity contribution in [2.45, 2.75) is 0 Å². The van der Waals surface area contributed by atoms with Gasteiger partial charge >= 0.3 is 0 Å². The Hall–Kier alpha value is -2.36. The van der Waals surface area contributed by atoms with Gasteiger partial charge in [-0.1, -0.05) is 30.3 Å². The lowest BCUT2D eigenvalue weighted by Crippen LogP contribution is -2.13. The molecular formula is C14H12FNO2. The van der Waals surface area contributed by atoms with E-state index in [-0.39, 0.29) is 5.75 Å². The lowest BCUT2D eigenvalue weighted by Gasteiger charge is -2.10. The number of phenolic OH excluding ortho intramolecular Hbond substituents is 1. The predicted octanol–water partition coefficient (Wildman–Crippen LogP) is 2.97. The molecule has 0 saturated heterocycles. The zero-order valence-corrected chi connectivity index (χ0v) is 9.56. The van der Waals surface area contributed by atoms with Crippen LogP contribution in [0.1, 0.15) is 0 Å². The Labute approximate surface area is 104 Å². The highest BCUT2D eigenvalue weighted by molar-refractivity contribution is 5.96. The van der Waals surface area contributed by atoms with Gasteiger partial charge in [-0.05, 0) is 23.8 Å². The van der Waals surface area contributed by atoms with Crippen LogP contribution in [0.15, 0.2) is 48.5 Å². The van der Waals surface area contributed by atoms with E-state index in [2.05, 4.69) is 5.32 Å². The number of aromatic hydroxyl groups is 1. The molecule has 4 heteroatoms. The number of amides is 1. The molecule has 2 aromatic carbocycles. The highest BCUT2D eigenvalue weighted by atomic mass is 19.1. The molecule has 0 aliphatic rings. The van der Waals surface area contributed by atoms with Gasteiger partial charge in [-0.2, -0.15) is 0 Å². The second-order valence-corrected chi connectivity index (χ2v) is 3.78. The quantitative estimate of drug-likeness (QED) is 0.873. The summed E-state index contributed by atoms with van der Waals surface area (Å²) in [5.41, 5.74) is 2.01. The average molecular weight is 245 g/mol. The van der Waals surface area contributed by atoms with Crippen LogP contribution in [-0.4, -0.2) is 17.7 Å². The van der Waals surface area contributed by atoms with Crippen LogP contribution in [0, 0.1) is 0 Å². The zero-order chi connectivity index (χ0) is 13.0. The van der Waals surface area contributed by atoms with Crippen LogP contribution in [0.3, 0.4) is 0 Å². The molecule has 2 N–H and O–H groups in total. The lowest BCUT2D eigenvalue weighted by molar-refractivity contribution is -0.117. The van der Waals surface area contributed by atoms with E-state index < -0.39 is 12.6 Å². The number of carbonyl (C=O) groups is 1. The van der Waals surface area contributed by atoms with E-state index >= 15 is 0 Å². The van der Waals surface area contributed by atoms with Crippen LogP contribution in [0.5, 0.6) is 5.75 Å². The van der Waals surface area contributed by atoms with Crippen molar-refractivity contribution in [3.8, 4) is 16.9 Å². The molecule has 0 atom stereocenters. The maximum atomic E-state index is 12.2. The second-order valence-electron chi connectivity index (χ2n) is 3.78. The number of phenols is 1. The van der Waals surface area contributed by atoms with E-state index in [4.69, 9.17) is 0 Å². The summed E-state index contributed by atoms with van der Waals surface area (Å²) in [5.74, 6) is -0.554. The average Bonchev–Trinajstić information content (AvgIpc) is 2.39. The Morgan fingerprint density at radius 2 is 1.94 bits per heavy atom. The molecule has 0 aromatic heterocycles. The Kier molecular flexibility index (Phi) is 3.57. The summed E-state index contributed by atoms with van der Waals surface area (Å²) in [5, 5.41) is 11.9. The number of benzene rings is 2. The summed E-state index contributed by atoms with van der Waals surface area (Å²) in [6.07, 6.45) is 0. The van der Waals surface area contributed by atoms with Crippen LogP contribution in [0.2, 0.25) is 0 Å². The van der Waals surface area contributed by atoms with E-state index in [1.807, 2.05) is 6.07 Å². The highest BCUT2D eigenvalue weighted by Gasteiger charge is 2.08. The molecule has 2 aromatic rings. The fraction of sp³-hybridized carbons (Fsp3) is 0.0714. The molecule has 0 aliphatic carbocycles. The maximum absolute atomic E-state index is 12.2. The molecule has 1 amide bonds. The summed E-state index contributed by atoms with van der Waals surface area (Å²) in [7, 11) is 0. The van der Waals surface area contributed by atoms with Crippen LogP contribution in [0.4, 0.5) is 10.1 Å². The molecule has 92 valence electrons. The topological polar surface area (TPSA) is 49.3 Å². The normalized spacial score (nSPS) is 10.1. The fourth-order valence-corrected chi connectivity index (χ4v) is 1.70. The van der Waals surface area contributed by atoms with Crippen molar-refractivity contribution in [3.63, 3.8) is 0 Å². The van der Waals surface area contributed by atoms with Crippen molar-refractivity contribution < 1.29 is 14.3 Å². The van der Waals surface area contributed by atoms with E-state index in [9.17, 15) is 14.3 Å². The Morgan fingerprint density at radius 1 is 1.17 bits per heavy atom. The summed E-state index contributed by atoms with van der Waals surface area (Å²) >= 11 is 0. The molecule has 2 rings (SSSR count). The largest absolute Gasteiger partial charge is 0.508 e. The lowest BCUT2D eigenvalue weighted by atomic mass is 10.0. The van der Waals surface area contributed by atoms with E-state index in [1.54, 1.807) is 42.5 Å². The minimum absolute atomic E-state index is 0.138. The zero-order valence-electron chi connectivity index (χ0n) is 9.56. The van der Waals surface area contributed by atoms with Crippen LogP contribution in [0.25, 0.3) is 11.1 Å². The van der Waals surface area contributed by atoms with E-state index in [0.29, 0.717) is 5.69 Å². The predicted molar refractivity (Wildman–Crippen MR) is 68.1 cm³/mol.